The zero-order valence-corrected chi connectivity index (χ0v) is 13.0. The minimum absolute atomic E-state index is 0.0193. The van der Waals surface area contributed by atoms with Crippen LogP contribution in [0.3, 0.4) is 0 Å². The van der Waals surface area contributed by atoms with Crippen molar-refractivity contribution in [3.05, 3.63) is 59.8 Å². The molecule has 1 N–H and O–H groups in total. The van der Waals surface area contributed by atoms with Crippen LogP contribution < -0.4 is 5.32 Å². The lowest BCUT2D eigenvalue weighted by Gasteiger charge is -2.16. The van der Waals surface area contributed by atoms with Crippen LogP contribution in [0.15, 0.2) is 48.7 Å². The smallest absolute Gasteiger partial charge is 0.230 e. The van der Waals surface area contributed by atoms with E-state index in [4.69, 9.17) is 0 Å². The summed E-state index contributed by atoms with van der Waals surface area (Å²) in [7, 11) is 0. The Hall–Kier alpha value is -2.69. The van der Waals surface area contributed by atoms with Crippen molar-refractivity contribution in [2.24, 2.45) is 5.92 Å². The van der Waals surface area contributed by atoms with E-state index in [-0.39, 0.29) is 24.2 Å². The van der Waals surface area contributed by atoms with Crippen molar-refractivity contribution in [3.63, 3.8) is 0 Å². The maximum atomic E-state index is 12.3. The van der Waals surface area contributed by atoms with Gasteiger partial charge in [0.05, 0.1) is 5.92 Å². The number of carbonyl (C=O) groups excluding carboxylic acids is 2. The molecule has 0 unspecified atom stereocenters. The molecule has 5 nitrogen and oxygen atoms in total. The summed E-state index contributed by atoms with van der Waals surface area (Å²) in [4.78, 5) is 30.3. The Morgan fingerprint density at radius 2 is 2.04 bits per heavy atom. The molecule has 2 heterocycles. The second-order valence-corrected chi connectivity index (χ2v) is 5.87. The molecule has 1 saturated heterocycles. The molecule has 5 heteroatoms. The average molecular weight is 309 g/mol. The Morgan fingerprint density at radius 1 is 1.26 bits per heavy atom. The van der Waals surface area contributed by atoms with Crippen molar-refractivity contribution in [2.75, 3.05) is 11.9 Å². The van der Waals surface area contributed by atoms with E-state index >= 15 is 0 Å². The number of nitrogens with zero attached hydrogens (tertiary/aromatic N) is 2. The standard InChI is InChI=1S/C18H19N3O2/c1-13-7-8-16(19-10-13)20-18(23)15-9-17(22)21(12-15)11-14-5-3-2-4-6-14/h2-8,10,15H,9,11-12H2,1H3,(H,19,20,23)/t15-/m0/s1. The van der Waals surface area contributed by atoms with Crippen LogP contribution in [0.2, 0.25) is 0 Å². The molecular weight excluding hydrogens is 290 g/mol. The average Bonchev–Trinajstić information content (AvgIpc) is 2.92. The highest BCUT2D eigenvalue weighted by Gasteiger charge is 2.34. The van der Waals surface area contributed by atoms with Crippen LogP contribution >= 0.6 is 0 Å². The molecule has 0 aliphatic carbocycles. The van der Waals surface area contributed by atoms with Gasteiger partial charge in [-0.25, -0.2) is 4.98 Å². The minimum Gasteiger partial charge on any atom is -0.338 e. The normalized spacial score (nSPS) is 17.3. The summed E-state index contributed by atoms with van der Waals surface area (Å²) >= 11 is 0. The van der Waals surface area contributed by atoms with E-state index in [1.807, 2.05) is 43.3 Å². The van der Waals surface area contributed by atoms with Crippen molar-refractivity contribution in [2.45, 2.75) is 19.9 Å². The number of carbonyl (C=O) groups is 2. The molecule has 1 aliphatic heterocycles. The van der Waals surface area contributed by atoms with Gasteiger partial charge in [0.1, 0.15) is 5.82 Å². The van der Waals surface area contributed by atoms with Crippen LogP contribution in [-0.4, -0.2) is 28.2 Å². The molecule has 2 aromatic rings. The summed E-state index contributed by atoms with van der Waals surface area (Å²) in [5, 5.41) is 2.79. The highest BCUT2D eigenvalue weighted by Crippen LogP contribution is 2.21. The number of amides is 2. The molecule has 0 spiro atoms. The lowest BCUT2D eigenvalue weighted by Crippen LogP contribution is -2.28. The molecule has 0 radical (unpaired) electrons. The molecule has 3 rings (SSSR count). The summed E-state index contributed by atoms with van der Waals surface area (Å²) in [6.45, 7) is 2.94. The van der Waals surface area contributed by atoms with Crippen LogP contribution in [0.25, 0.3) is 0 Å². The van der Waals surface area contributed by atoms with Crippen LogP contribution in [0.4, 0.5) is 5.82 Å². The number of hydrogen-bond donors (Lipinski definition) is 1. The largest absolute Gasteiger partial charge is 0.338 e. The molecule has 1 fully saturated rings. The summed E-state index contributed by atoms with van der Waals surface area (Å²) in [6, 6.07) is 13.5. The first kappa shape index (κ1) is 15.2. The van der Waals surface area contributed by atoms with Gasteiger partial charge in [0, 0.05) is 25.7 Å². The second-order valence-electron chi connectivity index (χ2n) is 5.87. The number of hydrogen-bond acceptors (Lipinski definition) is 3. The SMILES string of the molecule is Cc1ccc(NC(=O)[C@H]2CC(=O)N(Cc3ccccc3)C2)nc1. The number of aryl methyl sites for hydroxylation is 1. The summed E-state index contributed by atoms with van der Waals surface area (Å²) < 4.78 is 0. The van der Waals surface area contributed by atoms with Crippen LogP contribution in [-0.2, 0) is 16.1 Å². The molecule has 1 aliphatic rings. The van der Waals surface area contributed by atoms with Gasteiger partial charge in [0.25, 0.3) is 0 Å². The number of anilines is 1. The Bertz CT molecular complexity index is 698. The maximum Gasteiger partial charge on any atom is 0.230 e. The van der Waals surface area contributed by atoms with Crippen LogP contribution in [0, 0.1) is 12.8 Å². The molecule has 0 bridgehead atoms. The van der Waals surface area contributed by atoms with Crippen molar-refractivity contribution < 1.29 is 9.59 Å². The highest BCUT2D eigenvalue weighted by molar-refractivity contribution is 5.96. The molecule has 23 heavy (non-hydrogen) atoms. The number of likely N-dealkylation sites (tertiary alicyclic amines) is 1. The van der Waals surface area contributed by atoms with Gasteiger partial charge >= 0.3 is 0 Å². The van der Waals surface area contributed by atoms with Gasteiger partial charge in [-0.1, -0.05) is 36.4 Å². The Kier molecular flexibility index (Phi) is 4.37. The van der Waals surface area contributed by atoms with Crippen LogP contribution in [0.1, 0.15) is 17.5 Å². The fourth-order valence-corrected chi connectivity index (χ4v) is 2.67. The van der Waals surface area contributed by atoms with E-state index in [9.17, 15) is 9.59 Å². The van der Waals surface area contributed by atoms with E-state index in [1.54, 1.807) is 17.2 Å². The van der Waals surface area contributed by atoms with Crippen molar-refractivity contribution >= 4 is 17.6 Å². The fourth-order valence-electron chi connectivity index (χ4n) is 2.67. The predicted octanol–water partition coefficient (Wildman–Crippen LogP) is 2.38. The number of rotatable bonds is 4. The van der Waals surface area contributed by atoms with E-state index in [1.165, 1.54) is 0 Å². The number of nitrogens with one attached hydrogen (secondary N) is 1. The summed E-state index contributed by atoms with van der Waals surface area (Å²) in [5.41, 5.74) is 2.11. The third-order valence-corrected chi connectivity index (χ3v) is 3.96. The van der Waals surface area contributed by atoms with Crippen molar-refractivity contribution in [1.82, 2.24) is 9.88 Å². The highest BCUT2D eigenvalue weighted by atomic mass is 16.2. The second kappa shape index (κ2) is 6.60. The summed E-state index contributed by atoms with van der Waals surface area (Å²) in [6.07, 6.45) is 1.96. The molecule has 1 atom stereocenters. The summed E-state index contributed by atoms with van der Waals surface area (Å²) in [5.74, 6) is 0.0695. The first-order valence-corrected chi connectivity index (χ1v) is 7.67. The van der Waals surface area contributed by atoms with Gasteiger partial charge in [-0.3, -0.25) is 9.59 Å². The molecule has 1 aromatic carbocycles. The van der Waals surface area contributed by atoms with E-state index in [2.05, 4.69) is 10.3 Å². The number of aromatic nitrogens is 1. The van der Waals surface area contributed by atoms with Gasteiger partial charge in [-0.2, -0.15) is 0 Å². The number of pyridine rings is 1. The predicted molar refractivity (Wildman–Crippen MR) is 87.6 cm³/mol. The Morgan fingerprint density at radius 3 is 2.74 bits per heavy atom. The van der Waals surface area contributed by atoms with E-state index in [0.717, 1.165) is 11.1 Å². The lowest BCUT2D eigenvalue weighted by molar-refractivity contribution is -0.128. The van der Waals surface area contributed by atoms with Crippen molar-refractivity contribution in [3.8, 4) is 0 Å². The van der Waals surface area contributed by atoms with E-state index < -0.39 is 0 Å². The third-order valence-electron chi connectivity index (χ3n) is 3.96. The van der Waals surface area contributed by atoms with E-state index in [0.29, 0.717) is 18.9 Å². The van der Waals surface area contributed by atoms with Gasteiger partial charge in [-0.15, -0.1) is 0 Å². The van der Waals surface area contributed by atoms with Crippen LogP contribution in [0.5, 0.6) is 0 Å². The Balaban J connectivity index is 1.60. The molecule has 1 aromatic heterocycles. The third kappa shape index (κ3) is 3.74. The zero-order valence-electron chi connectivity index (χ0n) is 13.0. The molecule has 118 valence electrons. The molecule has 2 amide bonds. The first-order chi connectivity index (χ1) is 11.1. The monoisotopic (exact) mass is 309 g/mol. The van der Waals surface area contributed by atoms with Gasteiger partial charge < -0.3 is 10.2 Å². The topological polar surface area (TPSA) is 62.3 Å². The lowest BCUT2D eigenvalue weighted by atomic mass is 10.1. The van der Waals surface area contributed by atoms with Gasteiger partial charge in [0.15, 0.2) is 0 Å². The number of benzene rings is 1. The minimum atomic E-state index is -0.325. The molecular formula is C18H19N3O2. The quantitative estimate of drug-likeness (QED) is 0.943. The van der Waals surface area contributed by atoms with Gasteiger partial charge in [-0.05, 0) is 24.1 Å². The first-order valence-electron chi connectivity index (χ1n) is 7.67. The van der Waals surface area contributed by atoms with Gasteiger partial charge in [0.2, 0.25) is 11.8 Å². The Labute approximate surface area is 135 Å². The maximum absolute atomic E-state index is 12.3. The molecule has 0 saturated carbocycles. The zero-order chi connectivity index (χ0) is 16.2. The van der Waals surface area contributed by atoms with Crippen molar-refractivity contribution in [1.29, 1.82) is 0 Å². The fraction of sp³-hybridized carbons (Fsp3) is 0.278.